The molecule has 1 N–H and O–H groups in total. The fraction of sp³-hybridized carbons (Fsp3) is 0.472. The monoisotopic (exact) mass is 754 g/mol. The Balaban J connectivity index is 1.23. The minimum absolute atomic E-state index is 0.0187. The summed E-state index contributed by atoms with van der Waals surface area (Å²) in [5.41, 5.74) is -1.73. The van der Waals surface area contributed by atoms with Crippen molar-refractivity contribution in [3.63, 3.8) is 0 Å². The van der Waals surface area contributed by atoms with Crippen LogP contribution in [0.3, 0.4) is 0 Å². The minimum Gasteiger partial charge on any atom is -0.497 e. The number of amides is 3. The fourth-order valence-electron chi connectivity index (χ4n) is 7.64. The van der Waals surface area contributed by atoms with E-state index < -0.39 is 27.5 Å². The number of hydrogen-bond acceptors (Lipinski definition) is 11. The van der Waals surface area contributed by atoms with Crippen LogP contribution in [-0.4, -0.2) is 125 Å². The highest BCUT2D eigenvalue weighted by Crippen LogP contribution is 2.50. The lowest BCUT2D eigenvalue weighted by atomic mass is 9.84. The second-order valence-electron chi connectivity index (χ2n) is 13.2. The molecule has 3 amide bonds. The number of sulfonamides is 1. The summed E-state index contributed by atoms with van der Waals surface area (Å²) in [6.45, 7) is 8.41. The predicted octanol–water partition coefficient (Wildman–Crippen LogP) is 3.32. The van der Waals surface area contributed by atoms with Gasteiger partial charge in [-0.1, -0.05) is 11.6 Å². The van der Waals surface area contributed by atoms with Crippen LogP contribution in [0.15, 0.2) is 59.6 Å². The van der Waals surface area contributed by atoms with Gasteiger partial charge in [0.2, 0.25) is 5.88 Å². The molecule has 4 aliphatic heterocycles. The summed E-state index contributed by atoms with van der Waals surface area (Å²) in [5.74, 6) is -0.544. The SMILES string of the molecule is CCOc1ncccc1C1(NC(=O)N2CCC(N3CCN(C4COC4)CC3)CC2)C(=O)N(S(=O)(=O)c2ccc(OC)cc2OC)c2ccc(Cl)cc21. The van der Waals surface area contributed by atoms with Gasteiger partial charge in [-0.3, -0.25) is 14.6 Å². The number of piperidine rings is 1. The first-order valence-electron chi connectivity index (χ1n) is 17.5. The van der Waals surface area contributed by atoms with Gasteiger partial charge in [0, 0.05) is 68.2 Å². The summed E-state index contributed by atoms with van der Waals surface area (Å²) in [6.07, 6.45) is 3.03. The number of pyridine rings is 1. The Kier molecular flexibility index (Phi) is 10.2. The van der Waals surface area contributed by atoms with Crippen LogP contribution in [-0.2, 0) is 25.1 Å². The van der Waals surface area contributed by atoms with E-state index in [9.17, 15) is 13.2 Å². The molecule has 0 bridgehead atoms. The molecule has 0 radical (unpaired) electrons. The Hall–Kier alpha value is -4.15. The maximum absolute atomic E-state index is 15.2. The number of benzene rings is 2. The highest BCUT2D eigenvalue weighted by Gasteiger charge is 2.59. The van der Waals surface area contributed by atoms with E-state index in [2.05, 4.69) is 20.1 Å². The summed E-state index contributed by atoms with van der Waals surface area (Å²) < 4.78 is 51.9. The molecular weight excluding hydrogens is 712 g/mol. The number of piperazine rings is 1. The summed E-state index contributed by atoms with van der Waals surface area (Å²) in [7, 11) is -1.88. The number of anilines is 1. The molecule has 7 rings (SSSR count). The molecule has 0 spiro atoms. The molecule has 0 aliphatic carbocycles. The lowest BCUT2D eigenvalue weighted by Gasteiger charge is -2.46. The van der Waals surface area contributed by atoms with E-state index in [0.717, 1.165) is 52.2 Å². The van der Waals surface area contributed by atoms with Gasteiger partial charge in [-0.15, -0.1) is 0 Å². The molecule has 52 heavy (non-hydrogen) atoms. The van der Waals surface area contributed by atoms with Crippen LogP contribution in [0.5, 0.6) is 17.4 Å². The van der Waals surface area contributed by atoms with Crippen molar-refractivity contribution in [1.29, 1.82) is 0 Å². The van der Waals surface area contributed by atoms with Crippen molar-refractivity contribution in [3.8, 4) is 17.4 Å². The van der Waals surface area contributed by atoms with Crippen molar-refractivity contribution in [2.24, 2.45) is 0 Å². The van der Waals surface area contributed by atoms with E-state index in [0.29, 0.717) is 35.2 Å². The van der Waals surface area contributed by atoms with Crippen LogP contribution in [0.2, 0.25) is 5.02 Å². The minimum atomic E-state index is -4.66. The molecule has 16 heteroatoms. The molecule has 4 aliphatic rings. The van der Waals surface area contributed by atoms with E-state index in [4.69, 9.17) is 30.5 Å². The summed E-state index contributed by atoms with van der Waals surface area (Å²) in [6, 6.07) is 12.2. The van der Waals surface area contributed by atoms with Crippen LogP contribution in [0.25, 0.3) is 0 Å². The number of nitrogens with one attached hydrogen (secondary N) is 1. The molecule has 0 saturated carbocycles. The first-order valence-corrected chi connectivity index (χ1v) is 19.3. The van der Waals surface area contributed by atoms with Gasteiger partial charge in [0.15, 0.2) is 5.54 Å². The van der Waals surface area contributed by atoms with Crippen molar-refractivity contribution >= 4 is 39.2 Å². The number of ether oxygens (including phenoxy) is 4. The molecule has 1 aromatic heterocycles. The second-order valence-corrected chi connectivity index (χ2v) is 15.4. The van der Waals surface area contributed by atoms with Gasteiger partial charge < -0.3 is 29.2 Å². The number of carbonyl (C=O) groups is 2. The Morgan fingerprint density at radius 1 is 0.962 bits per heavy atom. The Bertz CT molecular complexity index is 1930. The Morgan fingerprint density at radius 2 is 1.67 bits per heavy atom. The molecule has 1 atom stereocenters. The quantitative estimate of drug-likeness (QED) is 0.326. The van der Waals surface area contributed by atoms with Gasteiger partial charge >= 0.3 is 6.03 Å². The van der Waals surface area contributed by atoms with E-state index in [1.807, 2.05) is 0 Å². The van der Waals surface area contributed by atoms with Crippen molar-refractivity contribution in [1.82, 2.24) is 25.0 Å². The molecule has 3 aromatic rings. The average molecular weight is 755 g/mol. The fourth-order valence-corrected chi connectivity index (χ4v) is 9.42. The molecule has 2 aromatic carbocycles. The lowest BCUT2D eigenvalue weighted by Crippen LogP contribution is -2.61. The zero-order valence-electron chi connectivity index (χ0n) is 29.4. The zero-order valence-corrected chi connectivity index (χ0v) is 31.0. The number of rotatable bonds is 10. The number of likely N-dealkylation sites (tertiary alicyclic amines) is 1. The van der Waals surface area contributed by atoms with Gasteiger partial charge in [0.25, 0.3) is 15.9 Å². The van der Waals surface area contributed by atoms with E-state index in [-0.39, 0.29) is 45.0 Å². The third-order valence-corrected chi connectivity index (χ3v) is 12.5. The molecule has 3 fully saturated rings. The van der Waals surface area contributed by atoms with Crippen LogP contribution in [0, 0.1) is 0 Å². The normalized spacial score (nSPS) is 21.8. The zero-order chi connectivity index (χ0) is 36.6. The number of nitrogens with zero attached hydrogens (tertiary/aromatic N) is 5. The second kappa shape index (κ2) is 14.7. The Labute approximate surface area is 308 Å². The van der Waals surface area contributed by atoms with Gasteiger partial charge in [-0.2, -0.15) is 4.31 Å². The third-order valence-electron chi connectivity index (χ3n) is 10.5. The standard InChI is InChI=1S/C36H43ClN6O8S/c1-4-51-33-28(6-5-13-38-33)36(39-35(45)42-14-11-25(12-15-42)40-16-18-41(19-17-40)26-22-50-23-26)29-20-24(37)7-9-30(29)43(34(36)44)52(46,47)32-10-8-27(48-2)21-31(32)49-3/h5-10,13,20-21,25-26H,4,11-12,14-19,22-23H2,1-3H3,(H,39,45). The first-order chi connectivity index (χ1) is 25.1. The van der Waals surface area contributed by atoms with Gasteiger partial charge in [-0.05, 0) is 62.2 Å². The number of hydrogen-bond donors (Lipinski definition) is 1. The topological polar surface area (TPSA) is 143 Å². The predicted molar refractivity (Wildman–Crippen MR) is 193 cm³/mol. The molecule has 278 valence electrons. The van der Waals surface area contributed by atoms with Crippen LogP contribution >= 0.6 is 11.6 Å². The van der Waals surface area contributed by atoms with Crippen molar-refractivity contribution < 1.29 is 37.0 Å². The summed E-state index contributed by atoms with van der Waals surface area (Å²) in [4.78, 5) is 40.4. The summed E-state index contributed by atoms with van der Waals surface area (Å²) >= 11 is 6.56. The van der Waals surface area contributed by atoms with Crippen LogP contribution in [0.1, 0.15) is 30.9 Å². The van der Waals surface area contributed by atoms with E-state index in [1.54, 1.807) is 24.0 Å². The largest absolute Gasteiger partial charge is 0.497 e. The summed E-state index contributed by atoms with van der Waals surface area (Å²) in [5, 5.41) is 3.24. The van der Waals surface area contributed by atoms with Crippen molar-refractivity contribution in [2.45, 2.75) is 42.3 Å². The number of aromatic nitrogens is 1. The molecular formula is C36H43ClN6O8S. The van der Waals surface area contributed by atoms with Crippen molar-refractivity contribution in [3.05, 3.63) is 70.9 Å². The molecule has 3 saturated heterocycles. The van der Waals surface area contributed by atoms with Crippen LogP contribution < -0.4 is 23.8 Å². The lowest BCUT2D eigenvalue weighted by molar-refractivity contribution is -0.121. The number of carbonyl (C=O) groups excluding carboxylic acids is 2. The third kappa shape index (κ3) is 6.31. The van der Waals surface area contributed by atoms with Crippen LogP contribution in [0.4, 0.5) is 10.5 Å². The highest BCUT2D eigenvalue weighted by molar-refractivity contribution is 7.93. The maximum atomic E-state index is 15.2. The molecule has 14 nitrogen and oxygen atoms in total. The maximum Gasteiger partial charge on any atom is 0.318 e. The number of methoxy groups -OCH3 is 2. The number of fused-ring (bicyclic) bond motifs is 1. The van der Waals surface area contributed by atoms with Gasteiger partial charge in [-0.25, -0.2) is 18.2 Å². The smallest absolute Gasteiger partial charge is 0.318 e. The molecule has 5 heterocycles. The Morgan fingerprint density at radius 3 is 2.31 bits per heavy atom. The first kappa shape index (κ1) is 36.2. The number of urea groups is 1. The van der Waals surface area contributed by atoms with Gasteiger partial charge in [0.05, 0.1) is 51.3 Å². The number of halogens is 1. The van der Waals surface area contributed by atoms with E-state index in [1.165, 1.54) is 56.8 Å². The van der Waals surface area contributed by atoms with E-state index >= 15 is 4.79 Å². The highest BCUT2D eigenvalue weighted by atomic mass is 35.5. The average Bonchev–Trinajstić information content (AvgIpc) is 3.38. The molecule has 1 unspecified atom stereocenters. The van der Waals surface area contributed by atoms with Gasteiger partial charge in [0.1, 0.15) is 16.4 Å². The van der Waals surface area contributed by atoms with Crippen molar-refractivity contribution in [2.75, 3.05) is 77.6 Å².